The molecule has 0 bridgehead atoms. The maximum atomic E-state index is 12.4. The molecule has 1 aliphatic rings. The average molecular weight is 333 g/mol. The molecule has 1 atom stereocenters. The zero-order valence-corrected chi connectivity index (χ0v) is 14.2. The minimum Gasteiger partial charge on any atom is -0.481 e. The minimum atomic E-state index is -0.993. The van der Waals surface area contributed by atoms with Crippen LogP contribution in [0.1, 0.15) is 37.0 Å². The molecule has 0 radical (unpaired) electrons. The molecule has 1 aromatic carbocycles. The van der Waals surface area contributed by atoms with Crippen LogP contribution in [0.5, 0.6) is 0 Å². The first kappa shape index (κ1) is 17.9. The molecule has 130 valence electrons. The van der Waals surface area contributed by atoms with Crippen LogP contribution >= 0.6 is 0 Å². The van der Waals surface area contributed by atoms with Crippen LogP contribution in [-0.4, -0.2) is 48.5 Å². The number of carboxylic acid groups (broad SMARTS) is 1. The van der Waals surface area contributed by atoms with Gasteiger partial charge in [0, 0.05) is 31.4 Å². The molecular weight excluding hydrogens is 310 g/mol. The van der Waals surface area contributed by atoms with E-state index in [2.05, 4.69) is 10.4 Å². The number of amides is 1. The SMILES string of the molecule is COCC(C)(CC(=O)O)NC(=O)c1ccc(N2CCC(C)=N2)cc1. The third-order valence-electron chi connectivity index (χ3n) is 3.82. The van der Waals surface area contributed by atoms with Gasteiger partial charge in [-0.2, -0.15) is 5.10 Å². The van der Waals surface area contributed by atoms with Gasteiger partial charge in [0.25, 0.3) is 5.91 Å². The van der Waals surface area contributed by atoms with Crippen LogP contribution < -0.4 is 10.3 Å². The summed E-state index contributed by atoms with van der Waals surface area (Å²) in [4.78, 5) is 23.4. The average Bonchev–Trinajstić information content (AvgIpc) is 2.93. The summed E-state index contributed by atoms with van der Waals surface area (Å²) in [5.41, 5.74) is 1.51. The molecule has 0 aliphatic carbocycles. The first-order valence-electron chi connectivity index (χ1n) is 7.78. The molecule has 1 aromatic rings. The van der Waals surface area contributed by atoms with Gasteiger partial charge in [-0.25, -0.2) is 0 Å². The van der Waals surface area contributed by atoms with Crippen molar-refractivity contribution < 1.29 is 19.4 Å². The number of anilines is 1. The molecular formula is C17H23N3O4. The Morgan fingerprint density at radius 2 is 2.04 bits per heavy atom. The summed E-state index contributed by atoms with van der Waals surface area (Å²) < 4.78 is 5.04. The van der Waals surface area contributed by atoms with Gasteiger partial charge in [0.15, 0.2) is 0 Å². The summed E-state index contributed by atoms with van der Waals surface area (Å²) in [7, 11) is 1.47. The molecule has 1 heterocycles. The fourth-order valence-electron chi connectivity index (χ4n) is 2.68. The summed E-state index contributed by atoms with van der Waals surface area (Å²) in [6.07, 6.45) is 0.721. The van der Waals surface area contributed by atoms with Crippen LogP contribution in [-0.2, 0) is 9.53 Å². The second-order valence-corrected chi connectivity index (χ2v) is 6.27. The zero-order chi connectivity index (χ0) is 17.7. The Morgan fingerprint density at radius 1 is 1.38 bits per heavy atom. The Bertz CT molecular complexity index is 642. The van der Waals surface area contributed by atoms with E-state index >= 15 is 0 Å². The topological polar surface area (TPSA) is 91.2 Å². The number of carboxylic acids is 1. The van der Waals surface area contributed by atoms with Crippen molar-refractivity contribution in [3.63, 3.8) is 0 Å². The number of rotatable bonds is 7. The van der Waals surface area contributed by atoms with Gasteiger partial charge in [0.2, 0.25) is 0 Å². The Labute approximate surface area is 141 Å². The minimum absolute atomic E-state index is 0.116. The van der Waals surface area contributed by atoms with Crippen molar-refractivity contribution in [3.8, 4) is 0 Å². The van der Waals surface area contributed by atoms with Gasteiger partial charge in [-0.1, -0.05) is 0 Å². The number of benzene rings is 1. The normalized spacial score (nSPS) is 16.5. The van der Waals surface area contributed by atoms with E-state index in [0.29, 0.717) is 5.56 Å². The smallest absolute Gasteiger partial charge is 0.305 e. The van der Waals surface area contributed by atoms with Crippen LogP contribution in [0.15, 0.2) is 29.4 Å². The van der Waals surface area contributed by atoms with E-state index in [1.165, 1.54) is 7.11 Å². The summed E-state index contributed by atoms with van der Waals surface area (Å²) in [6, 6.07) is 7.09. The van der Waals surface area contributed by atoms with Crippen LogP contribution in [0.25, 0.3) is 0 Å². The van der Waals surface area contributed by atoms with Crippen molar-refractivity contribution in [1.29, 1.82) is 0 Å². The summed E-state index contributed by atoms with van der Waals surface area (Å²) in [5, 5.41) is 18.1. The highest BCUT2D eigenvalue weighted by molar-refractivity contribution is 5.95. The largest absolute Gasteiger partial charge is 0.481 e. The van der Waals surface area contributed by atoms with Crippen LogP contribution in [0.4, 0.5) is 5.69 Å². The van der Waals surface area contributed by atoms with Gasteiger partial charge >= 0.3 is 5.97 Å². The number of hydrogen-bond donors (Lipinski definition) is 2. The third-order valence-corrected chi connectivity index (χ3v) is 3.82. The van der Waals surface area contributed by atoms with E-state index in [4.69, 9.17) is 9.84 Å². The number of nitrogens with one attached hydrogen (secondary N) is 1. The standard InChI is InChI=1S/C17H23N3O4/c1-12-8-9-20(19-12)14-6-4-13(5-7-14)16(23)18-17(2,11-24-3)10-15(21)22/h4-7H,8-11H2,1-3H3,(H,18,23)(H,21,22). The van der Waals surface area contributed by atoms with Gasteiger partial charge in [-0.15, -0.1) is 0 Å². The van der Waals surface area contributed by atoms with E-state index in [1.54, 1.807) is 19.1 Å². The number of hydrazone groups is 1. The predicted molar refractivity (Wildman–Crippen MR) is 91.5 cm³/mol. The Kier molecular flexibility index (Phi) is 5.56. The number of carbonyl (C=O) groups excluding carboxylic acids is 1. The quantitative estimate of drug-likeness (QED) is 0.795. The molecule has 1 amide bonds. The van der Waals surface area contributed by atoms with Crippen LogP contribution in [0.3, 0.4) is 0 Å². The van der Waals surface area contributed by atoms with E-state index in [9.17, 15) is 9.59 Å². The molecule has 0 saturated carbocycles. The molecule has 0 aromatic heterocycles. The van der Waals surface area contributed by atoms with Gasteiger partial charge in [0.1, 0.15) is 0 Å². The number of hydrogen-bond acceptors (Lipinski definition) is 5. The molecule has 0 spiro atoms. The molecule has 0 saturated heterocycles. The molecule has 1 aliphatic heterocycles. The lowest BCUT2D eigenvalue weighted by Gasteiger charge is -2.28. The Balaban J connectivity index is 2.07. The van der Waals surface area contributed by atoms with Gasteiger partial charge < -0.3 is 15.2 Å². The molecule has 7 heteroatoms. The number of methoxy groups -OCH3 is 1. The highest BCUT2D eigenvalue weighted by Gasteiger charge is 2.30. The lowest BCUT2D eigenvalue weighted by molar-refractivity contribution is -0.139. The molecule has 1 unspecified atom stereocenters. The van der Waals surface area contributed by atoms with Crippen LogP contribution in [0.2, 0.25) is 0 Å². The van der Waals surface area contributed by atoms with Gasteiger partial charge in [-0.05, 0) is 38.1 Å². The van der Waals surface area contributed by atoms with E-state index < -0.39 is 11.5 Å². The molecule has 0 fully saturated rings. The maximum Gasteiger partial charge on any atom is 0.305 e. The van der Waals surface area contributed by atoms with Crippen molar-refractivity contribution in [2.75, 3.05) is 25.3 Å². The number of nitrogens with zero attached hydrogens (tertiary/aromatic N) is 2. The Hall–Kier alpha value is -2.41. The summed E-state index contributed by atoms with van der Waals surface area (Å²) in [6.45, 7) is 4.59. The lowest BCUT2D eigenvalue weighted by Crippen LogP contribution is -2.50. The van der Waals surface area contributed by atoms with Gasteiger partial charge in [0.05, 0.1) is 24.3 Å². The predicted octanol–water partition coefficient (Wildman–Crippen LogP) is 1.88. The van der Waals surface area contributed by atoms with Crippen molar-refractivity contribution in [3.05, 3.63) is 29.8 Å². The van der Waals surface area contributed by atoms with Crippen LogP contribution in [0, 0.1) is 0 Å². The highest BCUT2D eigenvalue weighted by atomic mass is 16.5. The van der Waals surface area contributed by atoms with Crippen molar-refractivity contribution in [1.82, 2.24) is 5.32 Å². The Morgan fingerprint density at radius 3 is 2.54 bits per heavy atom. The second-order valence-electron chi connectivity index (χ2n) is 6.27. The van der Waals surface area contributed by atoms with E-state index in [0.717, 1.165) is 24.4 Å². The first-order chi connectivity index (χ1) is 11.3. The van der Waals surface area contributed by atoms with E-state index in [-0.39, 0.29) is 18.9 Å². The summed E-state index contributed by atoms with van der Waals surface area (Å²) >= 11 is 0. The summed E-state index contributed by atoms with van der Waals surface area (Å²) in [5.74, 6) is -1.32. The third kappa shape index (κ3) is 4.55. The molecule has 2 N–H and O–H groups in total. The first-order valence-corrected chi connectivity index (χ1v) is 7.78. The lowest BCUT2D eigenvalue weighted by atomic mass is 9.98. The molecule has 24 heavy (non-hydrogen) atoms. The van der Waals surface area contributed by atoms with Crippen molar-refractivity contribution in [2.45, 2.75) is 32.2 Å². The molecule has 7 nitrogen and oxygen atoms in total. The second kappa shape index (κ2) is 7.44. The fourth-order valence-corrected chi connectivity index (χ4v) is 2.68. The number of carbonyl (C=O) groups is 2. The zero-order valence-electron chi connectivity index (χ0n) is 14.2. The number of ether oxygens (including phenoxy) is 1. The fraction of sp³-hybridized carbons (Fsp3) is 0.471. The van der Waals surface area contributed by atoms with Gasteiger partial charge in [-0.3, -0.25) is 14.6 Å². The monoisotopic (exact) mass is 333 g/mol. The van der Waals surface area contributed by atoms with Crippen molar-refractivity contribution in [2.24, 2.45) is 5.10 Å². The molecule has 2 rings (SSSR count). The van der Waals surface area contributed by atoms with Crippen molar-refractivity contribution >= 4 is 23.3 Å². The maximum absolute atomic E-state index is 12.4. The highest BCUT2D eigenvalue weighted by Crippen LogP contribution is 2.20. The van der Waals surface area contributed by atoms with E-state index in [1.807, 2.05) is 24.1 Å². The number of aliphatic carboxylic acids is 1.